The molecule has 33 heavy (non-hydrogen) atoms. The van der Waals surface area contributed by atoms with Crippen molar-refractivity contribution in [1.82, 2.24) is 9.97 Å². The monoisotopic (exact) mass is 459 g/mol. The first-order chi connectivity index (χ1) is 16.0. The first-order valence-corrected chi connectivity index (χ1v) is 9.88. The Bertz CT molecular complexity index is 1140. The van der Waals surface area contributed by atoms with Crippen LogP contribution in [0.4, 0.5) is 11.5 Å². The SMILES string of the molecule is COCCOc1cc2ncnc(Nc3c(O)cc(O)c(/C=C/O)c3O)c2cc1OCCOC. The van der Waals surface area contributed by atoms with E-state index in [1.54, 1.807) is 26.4 Å². The van der Waals surface area contributed by atoms with E-state index in [0.717, 1.165) is 12.1 Å². The van der Waals surface area contributed by atoms with Crippen molar-refractivity contribution in [3.63, 3.8) is 0 Å². The van der Waals surface area contributed by atoms with E-state index in [2.05, 4.69) is 15.3 Å². The molecule has 5 N–H and O–H groups in total. The number of aromatic nitrogens is 2. The first kappa shape index (κ1) is 23.7. The van der Waals surface area contributed by atoms with Gasteiger partial charge in [-0.25, -0.2) is 9.97 Å². The summed E-state index contributed by atoms with van der Waals surface area (Å²) < 4.78 is 21.6. The van der Waals surface area contributed by atoms with Crippen molar-refractivity contribution in [2.75, 3.05) is 46.0 Å². The Kier molecular flexibility index (Phi) is 7.95. The van der Waals surface area contributed by atoms with Crippen molar-refractivity contribution < 1.29 is 39.4 Å². The molecule has 11 nitrogen and oxygen atoms in total. The number of ether oxygens (including phenoxy) is 4. The molecule has 1 heterocycles. The topological polar surface area (TPSA) is 156 Å². The fourth-order valence-corrected chi connectivity index (χ4v) is 3.00. The third-order valence-electron chi connectivity index (χ3n) is 4.57. The molecule has 176 valence electrons. The number of phenolic OH excluding ortho intramolecular Hbond substituents is 3. The Balaban J connectivity index is 2.05. The molecule has 11 heteroatoms. The number of aliphatic hydroxyl groups excluding tert-OH is 1. The number of hydrogen-bond donors (Lipinski definition) is 5. The van der Waals surface area contributed by atoms with Gasteiger partial charge in [-0.3, -0.25) is 0 Å². The third kappa shape index (κ3) is 5.45. The highest BCUT2D eigenvalue weighted by Crippen LogP contribution is 2.44. The minimum atomic E-state index is -0.486. The fourth-order valence-electron chi connectivity index (χ4n) is 3.00. The van der Waals surface area contributed by atoms with Crippen LogP contribution in [0.5, 0.6) is 28.7 Å². The molecule has 2 aromatic carbocycles. The summed E-state index contributed by atoms with van der Waals surface area (Å²) in [5, 5.41) is 43.1. The van der Waals surface area contributed by atoms with Crippen molar-refractivity contribution in [3.8, 4) is 28.7 Å². The molecule has 0 atom stereocenters. The molecule has 0 saturated heterocycles. The van der Waals surface area contributed by atoms with Crippen molar-refractivity contribution in [2.24, 2.45) is 0 Å². The summed E-state index contributed by atoms with van der Waals surface area (Å²) in [6, 6.07) is 4.37. The van der Waals surface area contributed by atoms with E-state index in [-0.39, 0.29) is 23.7 Å². The van der Waals surface area contributed by atoms with Gasteiger partial charge in [0, 0.05) is 31.7 Å². The highest BCUT2D eigenvalue weighted by atomic mass is 16.5. The Morgan fingerprint density at radius 1 is 0.879 bits per heavy atom. The number of phenols is 3. The molecule has 3 aromatic rings. The second kappa shape index (κ2) is 11.1. The van der Waals surface area contributed by atoms with Crippen molar-refractivity contribution in [1.29, 1.82) is 0 Å². The number of nitrogens with one attached hydrogen (secondary N) is 1. The minimum absolute atomic E-state index is 0.0893. The Morgan fingerprint density at radius 2 is 1.55 bits per heavy atom. The molecule has 0 aliphatic carbocycles. The van der Waals surface area contributed by atoms with Gasteiger partial charge in [0.25, 0.3) is 0 Å². The molecule has 0 saturated carbocycles. The highest BCUT2D eigenvalue weighted by Gasteiger charge is 2.19. The standard InChI is InChI=1S/C22H25N3O8/c1-30-5-7-32-18-9-14-15(10-19(18)33-8-6-31-2)23-12-24-22(14)25-20-17(28)11-16(27)13(3-4-26)21(20)29/h3-4,9-12,26-29H,5-8H2,1-2H3,(H,23,24,25)/b4-3+. The number of anilines is 2. The van der Waals surface area contributed by atoms with Gasteiger partial charge in [0.05, 0.1) is 30.6 Å². The van der Waals surface area contributed by atoms with Gasteiger partial charge in [-0.15, -0.1) is 0 Å². The molecular formula is C22H25N3O8. The molecule has 0 radical (unpaired) electrons. The average molecular weight is 459 g/mol. The van der Waals surface area contributed by atoms with Crippen LogP contribution in [0.3, 0.4) is 0 Å². The zero-order chi connectivity index (χ0) is 23.8. The van der Waals surface area contributed by atoms with E-state index in [4.69, 9.17) is 24.1 Å². The summed E-state index contributed by atoms with van der Waals surface area (Å²) in [4.78, 5) is 8.47. The quantitative estimate of drug-likeness (QED) is 0.124. The maximum atomic E-state index is 10.5. The number of hydrogen-bond acceptors (Lipinski definition) is 11. The predicted molar refractivity (Wildman–Crippen MR) is 121 cm³/mol. The van der Waals surface area contributed by atoms with Gasteiger partial charge >= 0.3 is 0 Å². The number of fused-ring (bicyclic) bond motifs is 1. The second-order valence-corrected chi connectivity index (χ2v) is 6.71. The Morgan fingerprint density at radius 3 is 2.18 bits per heavy atom. The minimum Gasteiger partial charge on any atom is -0.516 e. The lowest BCUT2D eigenvalue weighted by atomic mass is 10.1. The van der Waals surface area contributed by atoms with Gasteiger partial charge < -0.3 is 44.7 Å². The summed E-state index contributed by atoms with van der Waals surface area (Å²) >= 11 is 0. The van der Waals surface area contributed by atoms with Crippen LogP contribution in [0, 0.1) is 0 Å². The highest BCUT2D eigenvalue weighted by molar-refractivity contribution is 5.94. The lowest BCUT2D eigenvalue weighted by Crippen LogP contribution is -2.09. The number of methoxy groups -OCH3 is 2. The van der Waals surface area contributed by atoms with Crippen LogP contribution in [-0.2, 0) is 9.47 Å². The summed E-state index contributed by atoms with van der Waals surface area (Å²) in [6.07, 6.45) is 3.04. The first-order valence-electron chi connectivity index (χ1n) is 9.88. The van der Waals surface area contributed by atoms with Crippen molar-refractivity contribution in [3.05, 3.63) is 36.4 Å². The molecule has 0 bridgehead atoms. The third-order valence-corrected chi connectivity index (χ3v) is 4.57. The van der Waals surface area contributed by atoms with Crippen LogP contribution < -0.4 is 14.8 Å². The van der Waals surface area contributed by atoms with Crippen molar-refractivity contribution >= 4 is 28.5 Å². The number of aliphatic hydroxyl groups is 1. The number of aromatic hydroxyl groups is 3. The fraction of sp³-hybridized carbons (Fsp3) is 0.273. The molecule has 0 spiro atoms. The number of rotatable bonds is 11. The smallest absolute Gasteiger partial charge is 0.163 e. The molecule has 0 amide bonds. The van der Waals surface area contributed by atoms with E-state index >= 15 is 0 Å². The number of nitrogens with zero attached hydrogens (tertiary/aromatic N) is 2. The van der Waals surface area contributed by atoms with E-state index in [0.29, 0.717) is 48.5 Å². The lowest BCUT2D eigenvalue weighted by molar-refractivity contribution is 0.132. The van der Waals surface area contributed by atoms with Crippen LogP contribution in [-0.4, -0.2) is 71.0 Å². The molecule has 0 aliphatic heterocycles. The van der Waals surface area contributed by atoms with Gasteiger partial charge in [-0.1, -0.05) is 0 Å². The normalized spacial score (nSPS) is 11.2. The molecule has 3 rings (SSSR count). The van der Waals surface area contributed by atoms with Crippen LogP contribution >= 0.6 is 0 Å². The van der Waals surface area contributed by atoms with Gasteiger partial charge in [0.1, 0.15) is 42.5 Å². The maximum Gasteiger partial charge on any atom is 0.163 e. The van der Waals surface area contributed by atoms with Crippen LogP contribution in [0.1, 0.15) is 5.56 Å². The predicted octanol–water partition coefficient (Wildman–Crippen LogP) is 3.07. The largest absolute Gasteiger partial charge is 0.516 e. The summed E-state index contributed by atoms with van der Waals surface area (Å²) in [5.41, 5.74) is 0.295. The van der Waals surface area contributed by atoms with E-state index < -0.39 is 17.2 Å². The Labute approximate surface area is 189 Å². The second-order valence-electron chi connectivity index (χ2n) is 6.71. The molecule has 0 fully saturated rings. The Hall–Kier alpha value is -3.96. The van der Waals surface area contributed by atoms with Crippen LogP contribution in [0.2, 0.25) is 0 Å². The lowest BCUT2D eigenvalue weighted by Gasteiger charge is -2.16. The van der Waals surface area contributed by atoms with Gasteiger partial charge in [0.2, 0.25) is 0 Å². The molecule has 0 unspecified atom stereocenters. The van der Waals surface area contributed by atoms with Crippen LogP contribution in [0.15, 0.2) is 30.8 Å². The zero-order valence-corrected chi connectivity index (χ0v) is 18.1. The van der Waals surface area contributed by atoms with Crippen LogP contribution in [0.25, 0.3) is 17.0 Å². The van der Waals surface area contributed by atoms with E-state index in [1.807, 2.05) is 0 Å². The average Bonchev–Trinajstić information content (AvgIpc) is 2.80. The molecular weight excluding hydrogens is 434 g/mol. The van der Waals surface area contributed by atoms with Gasteiger partial charge in [0.15, 0.2) is 17.2 Å². The molecule has 1 aromatic heterocycles. The summed E-state index contributed by atoms with van der Waals surface area (Å²) in [5.74, 6) is -0.221. The van der Waals surface area contributed by atoms with Gasteiger partial charge in [-0.2, -0.15) is 0 Å². The molecule has 0 aliphatic rings. The number of benzene rings is 2. The van der Waals surface area contributed by atoms with Gasteiger partial charge in [-0.05, 0) is 12.1 Å². The van der Waals surface area contributed by atoms with E-state index in [9.17, 15) is 15.3 Å². The van der Waals surface area contributed by atoms with Crippen molar-refractivity contribution in [2.45, 2.75) is 0 Å². The zero-order valence-electron chi connectivity index (χ0n) is 18.1. The van der Waals surface area contributed by atoms with E-state index in [1.165, 1.54) is 6.33 Å². The summed E-state index contributed by atoms with van der Waals surface area (Å²) in [6.45, 7) is 1.32. The summed E-state index contributed by atoms with van der Waals surface area (Å²) in [7, 11) is 3.13. The maximum absolute atomic E-state index is 10.5.